The number of amides is 1. The van der Waals surface area contributed by atoms with Crippen LogP contribution in [0.5, 0.6) is 0 Å². The van der Waals surface area contributed by atoms with Crippen LogP contribution in [0.25, 0.3) is 0 Å². The Labute approximate surface area is 155 Å². The molecule has 3 aliphatic rings. The quantitative estimate of drug-likeness (QED) is 0.801. The topological polar surface area (TPSA) is 68.5 Å². The molecule has 0 bridgehead atoms. The van der Waals surface area contributed by atoms with E-state index in [1.54, 1.807) is 0 Å². The number of likely N-dealkylation sites (tertiary alicyclic amines) is 1. The van der Waals surface area contributed by atoms with Crippen LogP contribution in [-0.4, -0.2) is 47.3 Å². The molecule has 1 amide bonds. The van der Waals surface area contributed by atoms with Crippen molar-refractivity contribution in [2.45, 2.75) is 76.0 Å². The average molecular weight is 361 g/mol. The summed E-state index contributed by atoms with van der Waals surface area (Å²) in [5.41, 5.74) is 0. The van der Waals surface area contributed by atoms with Crippen molar-refractivity contribution in [3.8, 4) is 0 Å². The first-order chi connectivity index (χ1) is 12.8. The number of rotatable bonds is 5. The number of hydrogen-bond acceptors (Lipinski definition) is 5. The van der Waals surface area contributed by atoms with Crippen molar-refractivity contribution >= 4 is 5.91 Å². The molecule has 1 aromatic heterocycles. The van der Waals surface area contributed by atoms with Crippen LogP contribution in [0.3, 0.4) is 0 Å². The zero-order valence-corrected chi connectivity index (χ0v) is 15.7. The molecule has 6 nitrogen and oxygen atoms in total. The van der Waals surface area contributed by atoms with Crippen molar-refractivity contribution in [2.24, 2.45) is 5.92 Å². The van der Waals surface area contributed by atoms with Gasteiger partial charge in [-0.15, -0.1) is 0 Å². The summed E-state index contributed by atoms with van der Waals surface area (Å²) >= 11 is 0. The van der Waals surface area contributed by atoms with Gasteiger partial charge in [-0.3, -0.25) is 4.79 Å². The van der Waals surface area contributed by atoms with Crippen LogP contribution in [0, 0.1) is 5.92 Å². The fourth-order valence-corrected chi connectivity index (χ4v) is 4.72. The van der Waals surface area contributed by atoms with E-state index in [-0.39, 0.29) is 5.92 Å². The van der Waals surface area contributed by atoms with Gasteiger partial charge in [-0.25, -0.2) is 0 Å². The van der Waals surface area contributed by atoms with Crippen LogP contribution in [0.1, 0.15) is 87.8 Å². The Hall–Kier alpha value is -1.43. The minimum absolute atomic E-state index is 0.195. The Morgan fingerprint density at radius 2 is 1.85 bits per heavy atom. The third-order valence-corrected chi connectivity index (χ3v) is 6.41. The molecule has 2 saturated heterocycles. The molecule has 144 valence electrons. The molecule has 0 radical (unpaired) electrons. The van der Waals surface area contributed by atoms with Crippen molar-refractivity contribution in [1.82, 2.24) is 15.0 Å². The summed E-state index contributed by atoms with van der Waals surface area (Å²) in [6, 6.07) is 0. The van der Waals surface area contributed by atoms with Crippen LogP contribution in [-0.2, 0) is 9.53 Å². The summed E-state index contributed by atoms with van der Waals surface area (Å²) < 4.78 is 11.0. The van der Waals surface area contributed by atoms with Crippen LogP contribution in [0.4, 0.5) is 0 Å². The lowest BCUT2D eigenvalue weighted by atomic mass is 9.96. The second kappa shape index (κ2) is 8.51. The first kappa shape index (κ1) is 18.0. The van der Waals surface area contributed by atoms with Crippen molar-refractivity contribution in [3.05, 3.63) is 11.7 Å². The second-order valence-electron chi connectivity index (χ2n) is 8.25. The number of nitrogens with zero attached hydrogens (tertiary/aromatic N) is 3. The number of ether oxygens (including phenoxy) is 1. The molecule has 0 spiro atoms. The third-order valence-electron chi connectivity index (χ3n) is 6.41. The standard InChI is InChI=1S/C20H31N3O3/c24-18(8-7-15-4-1-2-5-15)23-11-3-6-17(14-23)20-21-19(22-26-20)16-9-12-25-13-10-16/h15-17H,1-14H2. The summed E-state index contributed by atoms with van der Waals surface area (Å²) in [5.74, 6) is 3.19. The van der Waals surface area contributed by atoms with E-state index in [1.165, 1.54) is 25.7 Å². The van der Waals surface area contributed by atoms with Gasteiger partial charge in [0.1, 0.15) is 0 Å². The van der Waals surface area contributed by atoms with Crippen molar-refractivity contribution in [3.63, 3.8) is 0 Å². The molecule has 1 aliphatic carbocycles. The highest BCUT2D eigenvalue weighted by Gasteiger charge is 2.30. The van der Waals surface area contributed by atoms with Gasteiger partial charge in [0.2, 0.25) is 11.8 Å². The number of piperidine rings is 1. The molecule has 2 aliphatic heterocycles. The SMILES string of the molecule is O=C(CCC1CCCC1)N1CCCC(c2nc(C3CCOCC3)no2)C1. The van der Waals surface area contributed by atoms with Gasteiger partial charge in [-0.2, -0.15) is 4.98 Å². The maximum Gasteiger partial charge on any atom is 0.231 e. The van der Waals surface area contributed by atoms with E-state index in [4.69, 9.17) is 9.26 Å². The van der Waals surface area contributed by atoms with Crippen molar-refractivity contribution in [2.75, 3.05) is 26.3 Å². The second-order valence-corrected chi connectivity index (χ2v) is 8.25. The summed E-state index contributed by atoms with van der Waals surface area (Å²) in [5, 5.41) is 4.23. The van der Waals surface area contributed by atoms with E-state index >= 15 is 0 Å². The predicted molar refractivity (Wildman–Crippen MR) is 96.8 cm³/mol. The first-order valence-corrected chi connectivity index (χ1v) is 10.5. The van der Waals surface area contributed by atoms with Gasteiger partial charge >= 0.3 is 0 Å². The van der Waals surface area contributed by atoms with E-state index < -0.39 is 0 Å². The monoisotopic (exact) mass is 361 g/mol. The van der Waals surface area contributed by atoms with Crippen molar-refractivity contribution < 1.29 is 14.1 Å². The molecule has 1 unspecified atom stereocenters. The minimum Gasteiger partial charge on any atom is -0.381 e. The summed E-state index contributed by atoms with van der Waals surface area (Å²) in [6.45, 7) is 3.17. The maximum absolute atomic E-state index is 12.6. The van der Waals surface area contributed by atoms with Crippen LogP contribution < -0.4 is 0 Å². The smallest absolute Gasteiger partial charge is 0.231 e. The molecule has 3 fully saturated rings. The lowest BCUT2D eigenvalue weighted by Crippen LogP contribution is -2.39. The summed E-state index contributed by atoms with van der Waals surface area (Å²) in [4.78, 5) is 19.3. The van der Waals surface area contributed by atoms with Gasteiger partial charge in [-0.05, 0) is 38.0 Å². The third kappa shape index (κ3) is 4.27. The summed E-state index contributed by atoms with van der Waals surface area (Å²) in [6.07, 6.45) is 11.1. The van der Waals surface area contributed by atoms with Gasteiger partial charge < -0.3 is 14.2 Å². The Morgan fingerprint density at radius 3 is 2.65 bits per heavy atom. The van der Waals surface area contributed by atoms with E-state index in [1.807, 2.05) is 4.90 Å². The molecule has 6 heteroatoms. The minimum atomic E-state index is 0.195. The fraction of sp³-hybridized carbons (Fsp3) is 0.850. The molecule has 1 atom stereocenters. The average Bonchev–Trinajstić information content (AvgIpc) is 3.39. The zero-order valence-electron chi connectivity index (χ0n) is 15.7. The highest BCUT2D eigenvalue weighted by atomic mass is 16.5. The molecule has 1 saturated carbocycles. The lowest BCUT2D eigenvalue weighted by molar-refractivity contribution is -0.132. The Bertz CT molecular complexity index is 591. The lowest BCUT2D eigenvalue weighted by Gasteiger charge is -2.31. The molecule has 1 aromatic rings. The van der Waals surface area contributed by atoms with Gasteiger partial charge in [0.05, 0.1) is 5.92 Å². The molecule has 0 aromatic carbocycles. The zero-order chi connectivity index (χ0) is 17.8. The normalized spacial score (nSPS) is 25.7. The number of carbonyl (C=O) groups excluding carboxylic acids is 1. The first-order valence-electron chi connectivity index (χ1n) is 10.5. The number of aromatic nitrogens is 2. The van der Waals surface area contributed by atoms with Gasteiger partial charge in [0.25, 0.3) is 0 Å². The predicted octanol–water partition coefficient (Wildman–Crippen LogP) is 3.64. The number of carbonyl (C=O) groups is 1. The highest BCUT2D eigenvalue weighted by Crippen LogP contribution is 2.31. The van der Waals surface area contributed by atoms with E-state index in [2.05, 4.69) is 10.1 Å². The molecule has 3 heterocycles. The van der Waals surface area contributed by atoms with E-state index in [0.29, 0.717) is 18.2 Å². The Balaban J connectivity index is 1.31. The molecule has 26 heavy (non-hydrogen) atoms. The highest BCUT2D eigenvalue weighted by molar-refractivity contribution is 5.76. The number of hydrogen-bond donors (Lipinski definition) is 0. The van der Waals surface area contributed by atoms with Crippen LogP contribution >= 0.6 is 0 Å². The van der Waals surface area contributed by atoms with Crippen LogP contribution in [0.15, 0.2) is 4.52 Å². The van der Waals surface area contributed by atoms with Crippen LogP contribution in [0.2, 0.25) is 0 Å². The Morgan fingerprint density at radius 1 is 1.04 bits per heavy atom. The van der Waals surface area contributed by atoms with Gasteiger partial charge in [0.15, 0.2) is 5.82 Å². The summed E-state index contributed by atoms with van der Waals surface area (Å²) in [7, 11) is 0. The molecular weight excluding hydrogens is 330 g/mol. The molecule has 4 rings (SSSR count). The van der Waals surface area contributed by atoms with Crippen molar-refractivity contribution in [1.29, 1.82) is 0 Å². The fourth-order valence-electron chi connectivity index (χ4n) is 4.72. The van der Waals surface area contributed by atoms with E-state index in [9.17, 15) is 4.79 Å². The van der Waals surface area contributed by atoms with E-state index in [0.717, 1.165) is 76.0 Å². The van der Waals surface area contributed by atoms with Gasteiger partial charge in [0, 0.05) is 38.6 Å². The maximum atomic E-state index is 12.6. The van der Waals surface area contributed by atoms with Gasteiger partial charge in [-0.1, -0.05) is 30.8 Å². The Kier molecular flexibility index (Phi) is 5.88. The molecule has 0 N–H and O–H groups in total. The molecular formula is C20H31N3O3. The largest absolute Gasteiger partial charge is 0.381 e.